The number of ketones is 1. The molecule has 2 aromatic carbocycles. The molecule has 0 saturated heterocycles. The minimum atomic E-state index is -2.92. The number of Topliss-reactive ketones (excluding diaryl/α,β-unsaturated/α-hetero) is 1. The molecule has 0 amide bonds. The van der Waals surface area contributed by atoms with E-state index in [0.717, 1.165) is 24.2 Å². The molecule has 1 fully saturated rings. The highest BCUT2D eigenvalue weighted by molar-refractivity contribution is 8.00. The van der Waals surface area contributed by atoms with E-state index in [1.807, 2.05) is 16.8 Å². The van der Waals surface area contributed by atoms with Crippen molar-refractivity contribution >= 4 is 29.1 Å². The van der Waals surface area contributed by atoms with Gasteiger partial charge in [-0.25, -0.2) is 4.68 Å². The largest absolute Gasteiger partial charge is 0.435 e. The molecule has 2 heterocycles. The molecule has 10 heteroatoms. The fourth-order valence-electron chi connectivity index (χ4n) is 3.56. The lowest BCUT2D eigenvalue weighted by Gasteiger charge is -2.33. The maximum absolute atomic E-state index is 13.4. The van der Waals surface area contributed by atoms with E-state index in [2.05, 4.69) is 20.4 Å². The van der Waals surface area contributed by atoms with Gasteiger partial charge in [0.1, 0.15) is 11.0 Å². The summed E-state index contributed by atoms with van der Waals surface area (Å²) in [6, 6.07) is 12.7. The normalized spacial score (nSPS) is 20.3. The Morgan fingerprint density at radius 2 is 1.84 bits per heavy atom. The van der Waals surface area contributed by atoms with E-state index in [-0.39, 0.29) is 17.6 Å². The van der Waals surface area contributed by atoms with Crippen LogP contribution in [0.15, 0.2) is 53.7 Å². The maximum Gasteiger partial charge on any atom is 0.387 e. The molecule has 5 rings (SSSR count). The number of nitrogens with one attached hydrogen (secondary N) is 1. The molecule has 160 valence electrons. The van der Waals surface area contributed by atoms with E-state index in [1.54, 1.807) is 12.1 Å². The summed E-state index contributed by atoms with van der Waals surface area (Å²) in [4.78, 5) is 13.4. The Morgan fingerprint density at radius 3 is 2.48 bits per heavy atom. The van der Waals surface area contributed by atoms with Crippen LogP contribution in [0.1, 0.15) is 46.5 Å². The average molecular weight is 463 g/mol. The highest BCUT2D eigenvalue weighted by Crippen LogP contribution is 2.44. The van der Waals surface area contributed by atoms with Crippen LogP contribution in [0.3, 0.4) is 0 Å². The van der Waals surface area contributed by atoms with Crippen LogP contribution in [0, 0.1) is 0 Å². The minimum Gasteiger partial charge on any atom is -0.435 e. The Kier molecular flexibility index (Phi) is 5.31. The second-order valence-electron chi connectivity index (χ2n) is 7.41. The third-order valence-corrected chi connectivity index (χ3v) is 6.72. The molecular weight excluding hydrogens is 446 g/mol. The zero-order chi connectivity index (χ0) is 21.5. The van der Waals surface area contributed by atoms with Crippen molar-refractivity contribution in [3.8, 4) is 5.75 Å². The highest BCUT2D eigenvalue weighted by atomic mass is 35.5. The molecule has 0 radical (unpaired) electrons. The summed E-state index contributed by atoms with van der Waals surface area (Å²) < 4.78 is 31.1. The molecule has 1 aliphatic carbocycles. The van der Waals surface area contributed by atoms with Crippen LogP contribution in [-0.2, 0) is 0 Å². The number of hydrogen-bond donors (Lipinski definition) is 1. The van der Waals surface area contributed by atoms with Crippen molar-refractivity contribution in [2.24, 2.45) is 0 Å². The van der Waals surface area contributed by atoms with E-state index in [1.165, 1.54) is 36.0 Å². The quantitative estimate of drug-likeness (QED) is 0.517. The fourth-order valence-corrected chi connectivity index (χ4v) is 4.85. The van der Waals surface area contributed by atoms with Gasteiger partial charge < -0.3 is 10.2 Å². The maximum atomic E-state index is 13.4. The van der Waals surface area contributed by atoms with Gasteiger partial charge in [-0.05, 0) is 54.8 Å². The number of thioether (sulfide) groups is 1. The van der Waals surface area contributed by atoms with Crippen molar-refractivity contribution < 1.29 is 18.3 Å². The van der Waals surface area contributed by atoms with Crippen LogP contribution >= 0.6 is 23.4 Å². The van der Waals surface area contributed by atoms with Crippen molar-refractivity contribution in [1.82, 2.24) is 14.9 Å². The number of halogens is 3. The van der Waals surface area contributed by atoms with Gasteiger partial charge in [0.2, 0.25) is 5.16 Å². The van der Waals surface area contributed by atoms with Gasteiger partial charge in [0.05, 0.1) is 6.04 Å². The lowest BCUT2D eigenvalue weighted by atomic mass is 9.97. The molecule has 0 bridgehead atoms. The monoisotopic (exact) mass is 462 g/mol. The van der Waals surface area contributed by atoms with Gasteiger partial charge in [0.15, 0.2) is 11.6 Å². The molecular formula is C21H17ClF2N4O2S. The van der Waals surface area contributed by atoms with Crippen molar-refractivity contribution in [3.63, 3.8) is 0 Å². The number of rotatable bonds is 6. The highest BCUT2D eigenvalue weighted by Gasteiger charge is 2.40. The van der Waals surface area contributed by atoms with Crippen molar-refractivity contribution in [1.29, 1.82) is 0 Å². The summed E-state index contributed by atoms with van der Waals surface area (Å²) in [5.41, 5.74) is 4.72. The Hall–Kier alpha value is -2.65. The molecule has 2 atom stereocenters. The zero-order valence-corrected chi connectivity index (χ0v) is 17.6. The van der Waals surface area contributed by atoms with Crippen LogP contribution in [0.4, 0.5) is 8.78 Å². The number of carbonyl (C=O) groups excluding carboxylic acids is 1. The Bertz CT molecular complexity index is 1100. The van der Waals surface area contributed by atoms with Crippen LogP contribution in [0.5, 0.6) is 5.75 Å². The molecule has 1 aliphatic heterocycles. The molecule has 1 aromatic heterocycles. The second kappa shape index (κ2) is 8.12. The van der Waals surface area contributed by atoms with Crippen molar-refractivity contribution in [3.05, 3.63) is 70.5 Å². The zero-order valence-electron chi connectivity index (χ0n) is 16.0. The standard InChI is InChI=1S/C21H17ClF2N4O2S/c22-14-7-3-11(4-8-14)16-18(17(29)12-5-9-15(10-6-12)30-20(23)24)31-21-26-25-19(13-1-2-13)28(21)27-16/h3-10,13,16,18,20,27H,1-2H2/t16-,18-/m1/s1. The summed E-state index contributed by atoms with van der Waals surface area (Å²) in [6.45, 7) is -2.92. The summed E-state index contributed by atoms with van der Waals surface area (Å²) in [7, 11) is 0. The number of aromatic nitrogens is 3. The summed E-state index contributed by atoms with van der Waals surface area (Å²) in [5.74, 6) is 1.11. The van der Waals surface area contributed by atoms with Crippen LogP contribution in [0.2, 0.25) is 5.02 Å². The summed E-state index contributed by atoms with van der Waals surface area (Å²) >= 11 is 7.39. The van der Waals surface area contributed by atoms with Crippen LogP contribution in [-0.4, -0.2) is 32.5 Å². The Balaban J connectivity index is 1.48. The molecule has 3 aromatic rings. The molecule has 1 N–H and O–H groups in total. The van der Waals surface area contributed by atoms with Crippen LogP contribution in [0.25, 0.3) is 0 Å². The van der Waals surface area contributed by atoms with Gasteiger partial charge in [-0.15, -0.1) is 10.2 Å². The first kappa shape index (κ1) is 20.3. The fraction of sp³-hybridized carbons (Fsp3) is 0.286. The first-order chi connectivity index (χ1) is 15.0. The third kappa shape index (κ3) is 4.12. The second-order valence-corrected chi connectivity index (χ2v) is 8.96. The summed E-state index contributed by atoms with van der Waals surface area (Å²) in [6.07, 6.45) is 2.15. The number of alkyl halides is 2. The van der Waals surface area contributed by atoms with Gasteiger partial charge in [0.25, 0.3) is 0 Å². The molecule has 0 unspecified atom stereocenters. The van der Waals surface area contributed by atoms with Gasteiger partial charge in [-0.2, -0.15) is 8.78 Å². The SMILES string of the molecule is O=C(c1ccc(OC(F)F)cc1)[C@@H]1Sc2nnc(C3CC3)n2N[C@@H]1c1ccc(Cl)cc1. The number of hydrogen-bond acceptors (Lipinski definition) is 6. The molecule has 6 nitrogen and oxygen atoms in total. The number of fused-ring (bicyclic) bond motifs is 1. The predicted molar refractivity (Wildman–Crippen MR) is 113 cm³/mol. The number of benzene rings is 2. The number of ether oxygens (including phenoxy) is 1. The predicted octanol–water partition coefficient (Wildman–Crippen LogP) is 5.05. The van der Waals surface area contributed by atoms with E-state index in [0.29, 0.717) is 21.7 Å². The topological polar surface area (TPSA) is 69.0 Å². The lowest BCUT2D eigenvalue weighted by Crippen LogP contribution is -2.39. The van der Waals surface area contributed by atoms with E-state index >= 15 is 0 Å². The number of nitrogens with zero attached hydrogens (tertiary/aromatic N) is 3. The van der Waals surface area contributed by atoms with Gasteiger partial charge in [-0.1, -0.05) is 35.5 Å². The van der Waals surface area contributed by atoms with E-state index in [9.17, 15) is 13.6 Å². The first-order valence-corrected chi connectivity index (χ1v) is 11.0. The average Bonchev–Trinajstić information content (AvgIpc) is 3.52. The molecule has 1 saturated carbocycles. The number of carbonyl (C=O) groups is 1. The van der Waals surface area contributed by atoms with E-state index < -0.39 is 11.9 Å². The Morgan fingerprint density at radius 1 is 1.13 bits per heavy atom. The van der Waals surface area contributed by atoms with Gasteiger partial charge >= 0.3 is 6.61 Å². The molecule has 2 aliphatic rings. The molecule has 31 heavy (non-hydrogen) atoms. The smallest absolute Gasteiger partial charge is 0.387 e. The summed E-state index contributed by atoms with van der Waals surface area (Å²) in [5, 5.41) is 9.28. The van der Waals surface area contributed by atoms with Gasteiger partial charge in [-0.3, -0.25) is 4.79 Å². The van der Waals surface area contributed by atoms with Crippen molar-refractivity contribution in [2.75, 3.05) is 5.43 Å². The van der Waals surface area contributed by atoms with E-state index in [4.69, 9.17) is 11.6 Å². The van der Waals surface area contributed by atoms with Crippen LogP contribution < -0.4 is 10.2 Å². The third-order valence-electron chi connectivity index (χ3n) is 5.26. The van der Waals surface area contributed by atoms with Gasteiger partial charge in [0, 0.05) is 16.5 Å². The Labute approximate surface area is 185 Å². The molecule has 0 spiro atoms. The van der Waals surface area contributed by atoms with Crippen molar-refractivity contribution in [2.45, 2.75) is 41.8 Å². The lowest BCUT2D eigenvalue weighted by molar-refractivity contribution is -0.0498. The first-order valence-electron chi connectivity index (χ1n) is 9.72. The minimum absolute atomic E-state index is 0.00374.